The van der Waals surface area contributed by atoms with E-state index in [0.717, 1.165) is 0 Å². The molecule has 31 heavy (non-hydrogen) atoms. The molecule has 0 atom stereocenters. The van der Waals surface area contributed by atoms with Crippen LogP contribution in [0.3, 0.4) is 0 Å². The van der Waals surface area contributed by atoms with E-state index in [2.05, 4.69) is 0 Å². The van der Waals surface area contributed by atoms with E-state index in [4.69, 9.17) is 10.2 Å². The van der Waals surface area contributed by atoms with Gasteiger partial charge in [-0.15, -0.1) is 0 Å². The van der Waals surface area contributed by atoms with Crippen LogP contribution in [0.4, 0.5) is 0 Å². The molecule has 0 radical (unpaired) electrons. The van der Waals surface area contributed by atoms with Crippen molar-refractivity contribution in [3.05, 3.63) is 131 Å². The standard InChI is InChI=1S/2C13H10O2.Zr/c2*14-12-8-6-11(7-9-12)13(15)10-4-2-1-3-5-10;/h2*1-9,14H;. The molecule has 0 aromatic heterocycles. The number of carbonyl (C=O) groups is 2. The zero-order valence-electron chi connectivity index (χ0n) is 16.6. The Hall–Kier alpha value is -3.30. The molecule has 4 aromatic rings. The zero-order chi connectivity index (χ0) is 21.3. The second-order valence-corrected chi connectivity index (χ2v) is 6.48. The van der Waals surface area contributed by atoms with E-state index in [1.54, 1.807) is 48.5 Å². The monoisotopic (exact) mass is 486 g/mol. The van der Waals surface area contributed by atoms with Crippen molar-refractivity contribution in [1.82, 2.24) is 0 Å². The van der Waals surface area contributed by atoms with E-state index in [-0.39, 0.29) is 49.3 Å². The van der Waals surface area contributed by atoms with Gasteiger partial charge < -0.3 is 10.2 Å². The molecule has 0 aliphatic heterocycles. The van der Waals surface area contributed by atoms with Crippen LogP contribution in [0.2, 0.25) is 0 Å². The molecule has 152 valence electrons. The molecule has 0 heterocycles. The Bertz CT molecular complexity index is 1010. The third kappa shape index (κ3) is 6.87. The number of aromatic hydroxyl groups is 2. The fourth-order valence-corrected chi connectivity index (χ4v) is 2.74. The molecule has 0 saturated heterocycles. The topological polar surface area (TPSA) is 74.6 Å². The van der Waals surface area contributed by atoms with Crippen molar-refractivity contribution in [2.45, 2.75) is 0 Å². The maximum Gasteiger partial charge on any atom is 0.193 e. The molecule has 0 bridgehead atoms. The Kier molecular flexibility index (Phi) is 9.11. The van der Waals surface area contributed by atoms with Gasteiger partial charge in [-0.25, -0.2) is 0 Å². The summed E-state index contributed by atoms with van der Waals surface area (Å²) in [5.41, 5.74) is 2.48. The van der Waals surface area contributed by atoms with Crippen molar-refractivity contribution < 1.29 is 46.0 Å². The number of phenols is 2. The van der Waals surface area contributed by atoms with Gasteiger partial charge in [0.25, 0.3) is 0 Å². The number of benzene rings is 4. The average Bonchev–Trinajstić information content (AvgIpc) is 2.81. The number of carbonyl (C=O) groups excluding carboxylic acids is 2. The van der Waals surface area contributed by atoms with Crippen LogP contribution < -0.4 is 0 Å². The SMILES string of the molecule is O=C(c1ccccc1)c1ccc(O)cc1.O=C(c1ccccc1)c1ccc(O)cc1.[Zr]. The number of hydrogen-bond donors (Lipinski definition) is 2. The van der Waals surface area contributed by atoms with E-state index in [0.29, 0.717) is 22.3 Å². The number of rotatable bonds is 4. The largest absolute Gasteiger partial charge is 0.508 e. The van der Waals surface area contributed by atoms with Crippen molar-refractivity contribution in [2.75, 3.05) is 0 Å². The van der Waals surface area contributed by atoms with Crippen LogP contribution in [-0.4, -0.2) is 21.8 Å². The maximum absolute atomic E-state index is 11.9. The van der Waals surface area contributed by atoms with Crippen LogP contribution in [0.5, 0.6) is 11.5 Å². The van der Waals surface area contributed by atoms with Crippen molar-refractivity contribution in [3.63, 3.8) is 0 Å². The summed E-state index contributed by atoms with van der Waals surface area (Å²) in [6.45, 7) is 0. The van der Waals surface area contributed by atoms with E-state index < -0.39 is 0 Å². The van der Waals surface area contributed by atoms with Gasteiger partial charge in [0.1, 0.15) is 11.5 Å². The fourth-order valence-electron chi connectivity index (χ4n) is 2.74. The van der Waals surface area contributed by atoms with E-state index in [1.165, 1.54) is 24.3 Å². The Morgan fingerprint density at radius 3 is 0.968 bits per heavy atom. The minimum atomic E-state index is -0.0319. The molecule has 5 heteroatoms. The third-order valence-corrected chi connectivity index (χ3v) is 4.33. The summed E-state index contributed by atoms with van der Waals surface area (Å²) in [6.07, 6.45) is 0. The van der Waals surface area contributed by atoms with Crippen LogP contribution in [0, 0.1) is 0 Å². The van der Waals surface area contributed by atoms with Gasteiger partial charge in [0.15, 0.2) is 11.6 Å². The molecule has 0 aliphatic carbocycles. The fraction of sp³-hybridized carbons (Fsp3) is 0. The Morgan fingerprint density at radius 2 is 0.677 bits per heavy atom. The Morgan fingerprint density at radius 1 is 0.419 bits per heavy atom. The molecule has 0 spiro atoms. The summed E-state index contributed by atoms with van der Waals surface area (Å²) in [7, 11) is 0. The van der Waals surface area contributed by atoms with E-state index >= 15 is 0 Å². The normalized spacial score (nSPS) is 9.55. The summed E-state index contributed by atoms with van der Waals surface area (Å²) in [4.78, 5) is 23.8. The summed E-state index contributed by atoms with van der Waals surface area (Å²) in [5.74, 6) is 0.269. The molecule has 4 aromatic carbocycles. The van der Waals surface area contributed by atoms with Crippen LogP contribution >= 0.6 is 0 Å². The average molecular weight is 488 g/mol. The van der Waals surface area contributed by atoms with Gasteiger partial charge in [-0.05, 0) is 48.5 Å². The van der Waals surface area contributed by atoms with Crippen LogP contribution in [-0.2, 0) is 26.2 Å². The van der Waals surface area contributed by atoms with Gasteiger partial charge in [-0.2, -0.15) is 0 Å². The van der Waals surface area contributed by atoms with Crippen LogP contribution in [0.25, 0.3) is 0 Å². The maximum atomic E-state index is 11.9. The van der Waals surface area contributed by atoms with Crippen molar-refractivity contribution in [3.8, 4) is 11.5 Å². The van der Waals surface area contributed by atoms with Gasteiger partial charge in [0.2, 0.25) is 0 Å². The van der Waals surface area contributed by atoms with E-state index in [1.807, 2.05) is 36.4 Å². The van der Waals surface area contributed by atoms with Crippen LogP contribution in [0.1, 0.15) is 31.8 Å². The summed E-state index contributed by atoms with van der Waals surface area (Å²) in [6, 6.07) is 30.6. The molecule has 0 amide bonds. The minimum absolute atomic E-state index is 0. The molecule has 0 fully saturated rings. The quantitative estimate of drug-likeness (QED) is 0.386. The third-order valence-electron chi connectivity index (χ3n) is 4.33. The molecule has 4 rings (SSSR count). The number of phenolic OH excluding ortho intramolecular Hbond substituents is 2. The Balaban J connectivity index is 0.000000213. The Labute approximate surface area is 199 Å². The van der Waals surface area contributed by atoms with Crippen molar-refractivity contribution in [1.29, 1.82) is 0 Å². The van der Waals surface area contributed by atoms with Gasteiger partial charge in [-0.1, -0.05) is 60.7 Å². The molecule has 2 N–H and O–H groups in total. The summed E-state index contributed by atoms with van der Waals surface area (Å²) < 4.78 is 0. The smallest absolute Gasteiger partial charge is 0.193 e. The van der Waals surface area contributed by atoms with Gasteiger partial charge in [-0.3, -0.25) is 9.59 Å². The van der Waals surface area contributed by atoms with Crippen LogP contribution in [0.15, 0.2) is 109 Å². The van der Waals surface area contributed by atoms with Crippen molar-refractivity contribution >= 4 is 11.6 Å². The molecule has 4 nitrogen and oxygen atoms in total. The molecular formula is C26H20O4Zr. The predicted molar refractivity (Wildman–Crippen MR) is 116 cm³/mol. The van der Waals surface area contributed by atoms with E-state index in [9.17, 15) is 9.59 Å². The van der Waals surface area contributed by atoms with Gasteiger partial charge >= 0.3 is 0 Å². The second-order valence-electron chi connectivity index (χ2n) is 6.48. The molecule has 0 saturated carbocycles. The molecular weight excluding hydrogens is 468 g/mol. The molecule has 0 unspecified atom stereocenters. The second kappa shape index (κ2) is 11.8. The molecule has 0 aliphatic rings. The first-order valence-electron chi connectivity index (χ1n) is 9.32. The summed E-state index contributed by atoms with van der Waals surface area (Å²) >= 11 is 0. The number of hydrogen-bond acceptors (Lipinski definition) is 4. The first-order valence-corrected chi connectivity index (χ1v) is 9.32. The first-order chi connectivity index (χ1) is 14.5. The summed E-state index contributed by atoms with van der Waals surface area (Å²) in [5, 5.41) is 18.2. The van der Waals surface area contributed by atoms with Crippen molar-refractivity contribution in [2.24, 2.45) is 0 Å². The minimum Gasteiger partial charge on any atom is -0.508 e. The first kappa shape index (κ1) is 24.0. The predicted octanol–water partition coefficient (Wildman–Crippen LogP) is 5.24. The number of ketones is 2. The van der Waals surface area contributed by atoms with Gasteiger partial charge in [0, 0.05) is 48.5 Å². The zero-order valence-corrected chi connectivity index (χ0v) is 19.1. The van der Waals surface area contributed by atoms with Gasteiger partial charge in [0.05, 0.1) is 0 Å².